The van der Waals surface area contributed by atoms with Crippen molar-refractivity contribution in [1.82, 2.24) is 5.43 Å². The van der Waals surface area contributed by atoms with E-state index in [2.05, 4.69) is 21.1 Å². The molecule has 0 aliphatic carbocycles. The van der Waals surface area contributed by atoms with Crippen molar-refractivity contribution in [2.24, 2.45) is 10.2 Å². The van der Waals surface area contributed by atoms with Crippen LogP contribution in [0.3, 0.4) is 0 Å². The van der Waals surface area contributed by atoms with Crippen molar-refractivity contribution < 1.29 is 9.59 Å². The number of nitrogens with zero attached hydrogens (tertiary/aromatic N) is 2. The summed E-state index contributed by atoms with van der Waals surface area (Å²) in [4.78, 5) is 21.1. The largest absolute Gasteiger partial charge is 0.298 e. The van der Waals surface area contributed by atoms with Crippen molar-refractivity contribution in [2.45, 2.75) is 0 Å². The molecule has 0 heterocycles. The van der Waals surface area contributed by atoms with Crippen molar-refractivity contribution in [3.63, 3.8) is 0 Å². The molecule has 2 amide bonds. The van der Waals surface area contributed by atoms with Gasteiger partial charge in [0, 0.05) is 21.5 Å². The lowest BCUT2D eigenvalue weighted by atomic mass is 9.99. The summed E-state index contributed by atoms with van der Waals surface area (Å²) in [6.07, 6.45) is 0.979. The van der Waals surface area contributed by atoms with Crippen molar-refractivity contribution in [3.8, 4) is 0 Å². The molecule has 0 unspecified atom stereocenters. The standard InChI is InChI=1S/C16H12N4O2/c21-9-17-19-15-11-5-1-2-6-12(11)16(20-18-10-22)14-8-4-3-7-13(14)15/h1-10,19H,(H,17,21). The Kier molecular flexibility index (Phi) is 3.74. The van der Waals surface area contributed by atoms with E-state index in [4.69, 9.17) is 0 Å². The van der Waals surface area contributed by atoms with E-state index < -0.39 is 0 Å². The minimum absolute atomic E-state index is 0.406. The van der Waals surface area contributed by atoms with Gasteiger partial charge < -0.3 is 0 Å². The van der Waals surface area contributed by atoms with Crippen LogP contribution in [0, 0.1) is 0 Å². The first-order valence-corrected chi connectivity index (χ1v) is 6.60. The summed E-state index contributed by atoms with van der Waals surface area (Å²) in [5.41, 5.74) is 6.76. The first-order valence-electron chi connectivity index (χ1n) is 6.60. The lowest BCUT2D eigenvalue weighted by Gasteiger charge is -2.14. The number of fused-ring (bicyclic) bond motifs is 2. The number of hydrogen-bond acceptors (Lipinski definition) is 4. The van der Waals surface area contributed by atoms with E-state index in [0.717, 1.165) is 27.2 Å². The van der Waals surface area contributed by atoms with Gasteiger partial charge in [0.15, 0.2) is 0 Å². The number of anilines is 1. The van der Waals surface area contributed by atoms with Gasteiger partial charge in [-0.1, -0.05) is 48.5 Å². The molecular formula is C16H12N4O2. The molecule has 0 radical (unpaired) electrons. The van der Waals surface area contributed by atoms with Crippen LogP contribution in [-0.4, -0.2) is 12.8 Å². The average molecular weight is 292 g/mol. The van der Waals surface area contributed by atoms with Crippen molar-refractivity contribution in [1.29, 1.82) is 0 Å². The Hall–Kier alpha value is -3.28. The van der Waals surface area contributed by atoms with Gasteiger partial charge in [0.05, 0.1) is 5.69 Å². The van der Waals surface area contributed by atoms with E-state index in [1.807, 2.05) is 48.5 Å². The van der Waals surface area contributed by atoms with E-state index in [9.17, 15) is 9.59 Å². The first-order chi connectivity index (χ1) is 10.9. The van der Waals surface area contributed by atoms with Crippen molar-refractivity contribution >= 4 is 45.7 Å². The molecule has 3 aromatic rings. The Morgan fingerprint density at radius 1 is 0.818 bits per heavy atom. The maximum absolute atomic E-state index is 10.6. The van der Waals surface area contributed by atoms with Gasteiger partial charge in [-0.3, -0.25) is 20.4 Å². The molecule has 108 valence electrons. The normalized spacial score (nSPS) is 10.9. The molecule has 0 fully saturated rings. The summed E-state index contributed by atoms with van der Waals surface area (Å²) in [6, 6.07) is 15.2. The molecule has 6 heteroatoms. The lowest BCUT2D eigenvalue weighted by molar-refractivity contribution is -0.109. The second kappa shape index (κ2) is 6.01. The molecular weight excluding hydrogens is 280 g/mol. The van der Waals surface area contributed by atoms with E-state index >= 15 is 0 Å². The Labute approximate surface area is 125 Å². The zero-order valence-electron chi connectivity index (χ0n) is 11.5. The monoisotopic (exact) mass is 292 g/mol. The molecule has 0 saturated carbocycles. The summed E-state index contributed by atoms with van der Waals surface area (Å²) < 4.78 is 0. The predicted molar refractivity (Wildman–Crippen MR) is 84.9 cm³/mol. The Bertz CT molecular complexity index is 833. The average Bonchev–Trinajstić information content (AvgIpc) is 2.58. The quantitative estimate of drug-likeness (QED) is 0.327. The smallest absolute Gasteiger partial charge is 0.252 e. The summed E-state index contributed by atoms with van der Waals surface area (Å²) in [5, 5.41) is 10.9. The van der Waals surface area contributed by atoms with Gasteiger partial charge in [-0.05, 0) is 0 Å². The first kappa shape index (κ1) is 13.7. The number of carbonyl (C=O) groups excluding carboxylic acids is 2. The molecule has 3 rings (SSSR count). The van der Waals surface area contributed by atoms with E-state index in [1.165, 1.54) is 0 Å². The van der Waals surface area contributed by atoms with E-state index in [0.29, 0.717) is 18.5 Å². The summed E-state index contributed by atoms with van der Waals surface area (Å²) in [7, 11) is 0. The third kappa shape index (κ3) is 2.26. The Balaban J connectivity index is 2.44. The zero-order valence-corrected chi connectivity index (χ0v) is 11.5. The molecule has 3 aromatic carbocycles. The lowest BCUT2D eigenvalue weighted by Crippen LogP contribution is -2.19. The molecule has 0 saturated heterocycles. The number of azo groups is 1. The van der Waals surface area contributed by atoms with Crippen LogP contribution in [0.2, 0.25) is 0 Å². The molecule has 2 N–H and O–H groups in total. The molecule has 0 aliphatic heterocycles. The van der Waals surface area contributed by atoms with Crippen LogP contribution in [0.4, 0.5) is 11.4 Å². The number of nitrogens with one attached hydrogen (secondary N) is 2. The molecule has 0 aromatic heterocycles. The maximum atomic E-state index is 10.6. The van der Waals surface area contributed by atoms with Crippen LogP contribution in [0.5, 0.6) is 0 Å². The minimum atomic E-state index is 0.406. The van der Waals surface area contributed by atoms with Gasteiger partial charge in [-0.15, -0.1) is 10.2 Å². The summed E-state index contributed by atoms with van der Waals surface area (Å²) >= 11 is 0. The molecule has 0 spiro atoms. The fourth-order valence-electron chi connectivity index (χ4n) is 2.53. The minimum Gasteiger partial charge on any atom is -0.298 e. The number of rotatable bonds is 5. The van der Waals surface area contributed by atoms with Crippen LogP contribution in [0.15, 0.2) is 58.8 Å². The van der Waals surface area contributed by atoms with Crippen LogP contribution < -0.4 is 10.9 Å². The third-order valence-electron chi connectivity index (χ3n) is 3.36. The fourth-order valence-corrected chi connectivity index (χ4v) is 2.53. The summed E-state index contributed by atoms with van der Waals surface area (Å²) in [6.45, 7) is 0. The van der Waals surface area contributed by atoms with Gasteiger partial charge in [0.2, 0.25) is 6.41 Å². The summed E-state index contributed by atoms with van der Waals surface area (Å²) in [5.74, 6) is 0. The fraction of sp³-hybridized carbons (Fsp3) is 0. The Morgan fingerprint density at radius 2 is 1.36 bits per heavy atom. The van der Waals surface area contributed by atoms with E-state index in [1.54, 1.807) is 0 Å². The van der Waals surface area contributed by atoms with Gasteiger partial charge in [0.25, 0.3) is 6.41 Å². The molecule has 0 aliphatic rings. The Morgan fingerprint density at radius 3 is 1.86 bits per heavy atom. The van der Waals surface area contributed by atoms with Gasteiger partial charge in [-0.25, -0.2) is 0 Å². The highest BCUT2D eigenvalue weighted by molar-refractivity contribution is 6.18. The molecule has 6 nitrogen and oxygen atoms in total. The predicted octanol–water partition coefficient (Wildman–Crippen LogP) is 3.31. The highest BCUT2D eigenvalue weighted by atomic mass is 16.1. The maximum Gasteiger partial charge on any atom is 0.252 e. The number of hydrogen-bond donors (Lipinski definition) is 2. The zero-order chi connectivity index (χ0) is 15.4. The second-order valence-corrected chi connectivity index (χ2v) is 4.52. The van der Waals surface area contributed by atoms with Crippen LogP contribution in [0.25, 0.3) is 21.5 Å². The van der Waals surface area contributed by atoms with Crippen LogP contribution >= 0.6 is 0 Å². The highest BCUT2D eigenvalue weighted by Crippen LogP contribution is 2.40. The van der Waals surface area contributed by atoms with Crippen molar-refractivity contribution in [2.75, 3.05) is 5.43 Å². The number of hydrazine groups is 1. The highest BCUT2D eigenvalue weighted by Gasteiger charge is 2.13. The van der Waals surface area contributed by atoms with Gasteiger partial charge in [0.1, 0.15) is 5.69 Å². The molecule has 0 bridgehead atoms. The number of amides is 2. The van der Waals surface area contributed by atoms with Gasteiger partial charge >= 0.3 is 0 Å². The topological polar surface area (TPSA) is 82.9 Å². The van der Waals surface area contributed by atoms with Crippen molar-refractivity contribution in [3.05, 3.63) is 48.5 Å². The third-order valence-corrected chi connectivity index (χ3v) is 3.36. The van der Waals surface area contributed by atoms with Crippen LogP contribution in [-0.2, 0) is 9.59 Å². The molecule has 22 heavy (non-hydrogen) atoms. The number of benzene rings is 3. The van der Waals surface area contributed by atoms with Crippen LogP contribution in [0.1, 0.15) is 0 Å². The number of carbonyl (C=O) groups is 2. The second-order valence-electron chi connectivity index (χ2n) is 4.52. The SMILES string of the molecule is O=CN=Nc1c2ccccc2c(NNC=O)c2ccccc12. The van der Waals surface area contributed by atoms with Gasteiger partial charge in [-0.2, -0.15) is 0 Å². The van der Waals surface area contributed by atoms with E-state index in [-0.39, 0.29) is 0 Å². The molecule has 0 atom stereocenters.